The lowest BCUT2D eigenvalue weighted by Crippen LogP contribution is -2.26. The molecular formula is C7H11F2NO. The van der Waals surface area contributed by atoms with Gasteiger partial charge in [0.05, 0.1) is 0 Å². The van der Waals surface area contributed by atoms with Gasteiger partial charge < -0.3 is 5.32 Å². The molecule has 1 N–H and O–H groups in total. The first-order valence-corrected chi connectivity index (χ1v) is 3.72. The molecule has 4 heteroatoms. The fraction of sp³-hybridized carbons (Fsp3) is 0.857. The van der Waals surface area contributed by atoms with E-state index in [1.165, 1.54) is 0 Å². The van der Waals surface area contributed by atoms with E-state index in [1.807, 2.05) is 0 Å². The Hall–Kier alpha value is -0.670. The Bertz CT molecular complexity index is 161. The molecule has 0 spiro atoms. The third-order valence-corrected chi connectivity index (χ3v) is 1.83. The second kappa shape index (κ2) is 3.15. The molecular weight excluding hydrogens is 152 g/mol. The summed E-state index contributed by atoms with van der Waals surface area (Å²) in [6, 6.07) is -0.262. The molecule has 2 nitrogen and oxygen atoms in total. The van der Waals surface area contributed by atoms with Crippen molar-refractivity contribution in [3.8, 4) is 0 Å². The summed E-state index contributed by atoms with van der Waals surface area (Å²) in [6.45, 7) is 1.70. The molecule has 0 unspecified atom stereocenters. The molecule has 0 aliphatic heterocycles. The summed E-state index contributed by atoms with van der Waals surface area (Å²) in [5, 5.41) is 2.52. The number of hydrogen-bond acceptors (Lipinski definition) is 1. The molecule has 2 atom stereocenters. The van der Waals surface area contributed by atoms with E-state index in [1.54, 1.807) is 6.92 Å². The van der Waals surface area contributed by atoms with Gasteiger partial charge in [-0.15, -0.1) is 0 Å². The lowest BCUT2D eigenvalue weighted by atomic mass is 10.4. The molecule has 0 radical (unpaired) electrons. The van der Waals surface area contributed by atoms with E-state index >= 15 is 0 Å². The maximum atomic E-state index is 11.9. The first-order chi connectivity index (χ1) is 5.15. The van der Waals surface area contributed by atoms with E-state index in [0.29, 0.717) is 12.8 Å². The quantitative estimate of drug-likeness (QED) is 0.664. The Kier molecular flexibility index (Phi) is 2.42. The van der Waals surface area contributed by atoms with Gasteiger partial charge in [0.2, 0.25) is 12.3 Å². The van der Waals surface area contributed by atoms with E-state index in [2.05, 4.69) is 5.32 Å². The second-order valence-corrected chi connectivity index (χ2v) is 2.76. The third-order valence-electron chi connectivity index (χ3n) is 1.83. The van der Waals surface area contributed by atoms with Crippen molar-refractivity contribution in [3.05, 3.63) is 0 Å². The van der Waals surface area contributed by atoms with Crippen molar-refractivity contribution < 1.29 is 13.6 Å². The molecule has 0 aromatic heterocycles. The first kappa shape index (κ1) is 8.43. The number of nitrogens with one attached hydrogen (secondary N) is 1. The topological polar surface area (TPSA) is 29.1 Å². The zero-order valence-electron chi connectivity index (χ0n) is 6.31. The van der Waals surface area contributed by atoms with Gasteiger partial charge in [-0.1, -0.05) is 6.92 Å². The van der Waals surface area contributed by atoms with Crippen LogP contribution in [-0.4, -0.2) is 18.4 Å². The smallest absolute Gasteiger partial charge is 0.243 e. The monoisotopic (exact) mass is 163 g/mol. The summed E-state index contributed by atoms with van der Waals surface area (Å²) in [5.41, 5.74) is 0. The van der Waals surface area contributed by atoms with Crippen molar-refractivity contribution in [2.75, 3.05) is 0 Å². The third kappa shape index (κ3) is 2.13. The van der Waals surface area contributed by atoms with E-state index in [-0.39, 0.29) is 11.9 Å². The van der Waals surface area contributed by atoms with Gasteiger partial charge in [-0.3, -0.25) is 4.79 Å². The number of carbonyl (C=O) groups excluding carboxylic acids is 1. The van der Waals surface area contributed by atoms with Crippen LogP contribution in [0.1, 0.15) is 19.8 Å². The summed E-state index contributed by atoms with van der Waals surface area (Å²) in [4.78, 5) is 10.7. The van der Waals surface area contributed by atoms with Crippen LogP contribution in [0.15, 0.2) is 0 Å². The van der Waals surface area contributed by atoms with E-state index in [0.717, 1.165) is 0 Å². The Labute approximate surface area is 64.0 Å². The van der Waals surface area contributed by atoms with Gasteiger partial charge in [0.1, 0.15) is 0 Å². The Balaban J connectivity index is 2.18. The van der Waals surface area contributed by atoms with Crippen LogP contribution >= 0.6 is 0 Å². The van der Waals surface area contributed by atoms with Crippen molar-refractivity contribution >= 4 is 5.91 Å². The minimum absolute atomic E-state index is 0.141. The van der Waals surface area contributed by atoms with Crippen LogP contribution in [0.5, 0.6) is 0 Å². The largest absolute Gasteiger partial charge is 0.353 e. The fourth-order valence-electron chi connectivity index (χ4n) is 0.968. The molecule has 1 aliphatic carbocycles. The molecule has 0 aromatic carbocycles. The van der Waals surface area contributed by atoms with E-state index in [4.69, 9.17) is 0 Å². The normalized spacial score (nSPS) is 28.7. The molecule has 11 heavy (non-hydrogen) atoms. The van der Waals surface area contributed by atoms with E-state index in [9.17, 15) is 13.6 Å². The molecule has 1 aliphatic rings. The van der Waals surface area contributed by atoms with Crippen molar-refractivity contribution in [1.82, 2.24) is 5.32 Å². The van der Waals surface area contributed by atoms with Crippen LogP contribution in [0.25, 0.3) is 0 Å². The number of hydrogen-bond donors (Lipinski definition) is 1. The van der Waals surface area contributed by atoms with Crippen LogP contribution in [0.4, 0.5) is 8.78 Å². The molecule has 1 amide bonds. The van der Waals surface area contributed by atoms with Gasteiger partial charge in [-0.25, -0.2) is 8.78 Å². The van der Waals surface area contributed by atoms with Crippen LogP contribution in [0.3, 0.4) is 0 Å². The van der Waals surface area contributed by atoms with Gasteiger partial charge in [-0.2, -0.15) is 0 Å². The molecule has 1 saturated carbocycles. The SMILES string of the molecule is CCC(=O)N[C@H]1C[C@@H]1C(F)F. The standard InChI is InChI=1S/C7H11F2NO/c1-2-6(11)10-5-3-4(5)7(8)9/h4-5,7H,2-3H2,1H3,(H,10,11)/t4-,5-/m0/s1. The number of halogens is 2. The van der Waals surface area contributed by atoms with Gasteiger partial charge in [0.25, 0.3) is 0 Å². The summed E-state index contributed by atoms with van der Waals surface area (Å²) in [6.07, 6.45) is -1.48. The highest BCUT2D eigenvalue weighted by atomic mass is 19.3. The highest BCUT2D eigenvalue weighted by Gasteiger charge is 2.44. The Morgan fingerprint density at radius 2 is 2.36 bits per heavy atom. The van der Waals surface area contributed by atoms with Crippen molar-refractivity contribution in [2.45, 2.75) is 32.2 Å². The van der Waals surface area contributed by atoms with Gasteiger partial charge in [-0.05, 0) is 6.42 Å². The van der Waals surface area contributed by atoms with Gasteiger partial charge in [0, 0.05) is 18.4 Å². The lowest BCUT2D eigenvalue weighted by molar-refractivity contribution is -0.121. The zero-order valence-corrected chi connectivity index (χ0v) is 6.31. The molecule has 1 fully saturated rings. The molecule has 0 heterocycles. The van der Waals surface area contributed by atoms with Crippen molar-refractivity contribution in [1.29, 1.82) is 0 Å². The van der Waals surface area contributed by atoms with Crippen LogP contribution in [-0.2, 0) is 4.79 Å². The molecule has 1 rings (SSSR count). The Morgan fingerprint density at radius 3 is 2.73 bits per heavy atom. The molecule has 0 bridgehead atoms. The maximum Gasteiger partial charge on any atom is 0.243 e. The minimum Gasteiger partial charge on any atom is -0.353 e. The molecule has 64 valence electrons. The zero-order chi connectivity index (χ0) is 8.43. The summed E-state index contributed by atoms with van der Waals surface area (Å²) >= 11 is 0. The highest BCUT2D eigenvalue weighted by molar-refractivity contribution is 5.76. The fourth-order valence-corrected chi connectivity index (χ4v) is 0.968. The summed E-state index contributed by atoms with van der Waals surface area (Å²) < 4.78 is 23.7. The Morgan fingerprint density at radius 1 is 1.73 bits per heavy atom. The number of amides is 1. The average molecular weight is 163 g/mol. The second-order valence-electron chi connectivity index (χ2n) is 2.76. The van der Waals surface area contributed by atoms with Gasteiger partial charge >= 0.3 is 0 Å². The van der Waals surface area contributed by atoms with Crippen LogP contribution in [0.2, 0.25) is 0 Å². The summed E-state index contributed by atoms with van der Waals surface area (Å²) in [7, 11) is 0. The van der Waals surface area contributed by atoms with Crippen molar-refractivity contribution in [2.24, 2.45) is 5.92 Å². The van der Waals surface area contributed by atoms with Crippen LogP contribution in [0, 0.1) is 5.92 Å². The minimum atomic E-state index is -2.28. The van der Waals surface area contributed by atoms with E-state index < -0.39 is 12.3 Å². The number of alkyl halides is 2. The van der Waals surface area contributed by atoms with Crippen LogP contribution < -0.4 is 5.32 Å². The number of rotatable bonds is 3. The predicted molar refractivity (Wildman–Crippen MR) is 36.3 cm³/mol. The first-order valence-electron chi connectivity index (χ1n) is 3.72. The number of carbonyl (C=O) groups is 1. The predicted octanol–water partition coefficient (Wildman–Crippen LogP) is 1.17. The highest BCUT2D eigenvalue weighted by Crippen LogP contribution is 2.35. The van der Waals surface area contributed by atoms with Crippen molar-refractivity contribution in [3.63, 3.8) is 0 Å². The lowest BCUT2D eigenvalue weighted by Gasteiger charge is -2.00. The maximum absolute atomic E-state index is 11.9. The average Bonchev–Trinajstić information content (AvgIpc) is 2.67. The molecule has 0 aromatic rings. The molecule has 0 saturated heterocycles. The summed E-state index contributed by atoms with van der Waals surface area (Å²) in [5.74, 6) is -0.733. The van der Waals surface area contributed by atoms with Gasteiger partial charge in [0.15, 0.2) is 0 Å².